The second kappa shape index (κ2) is 19.1. The van der Waals surface area contributed by atoms with Gasteiger partial charge in [-0.2, -0.15) is 10.5 Å². The van der Waals surface area contributed by atoms with E-state index in [1.807, 2.05) is 39.8 Å². The van der Waals surface area contributed by atoms with Gasteiger partial charge in [0.2, 0.25) is 11.6 Å². The van der Waals surface area contributed by atoms with Gasteiger partial charge in [0.25, 0.3) is 6.01 Å². The lowest BCUT2D eigenvalue weighted by atomic mass is 9.73. The molecule has 0 radical (unpaired) electrons. The smallest absolute Gasteiger partial charge is 0.316 e. The first kappa shape index (κ1) is 46.6. The number of aliphatic hydroxyl groups is 2. The van der Waals surface area contributed by atoms with Gasteiger partial charge < -0.3 is 48.9 Å². The molecule has 0 aromatic carbocycles. The maximum absolute atomic E-state index is 14.5. The van der Waals surface area contributed by atoms with E-state index in [0.717, 1.165) is 0 Å². The number of hydroxylamine groups is 1. The normalized spacial score (nSPS) is 38.8. The zero-order chi connectivity index (χ0) is 43.6. The van der Waals surface area contributed by atoms with Gasteiger partial charge in [-0.05, 0) is 79.1 Å². The number of ether oxygens (including phenoxy) is 5. The van der Waals surface area contributed by atoms with Crippen LogP contribution in [0.15, 0.2) is 21.5 Å². The van der Waals surface area contributed by atoms with Crippen LogP contribution in [-0.2, 0) is 49.5 Å². The third-order valence-corrected chi connectivity index (χ3v) is 12.0. The van der Waals surface area contributed by atoms with Crippen molar-refractivity contribution in [2.24, 2.45) is 28.7 Å². The van der Waals surface area contributed by atoms with E-state index in [1.54, 1.807) is 32.9 Å². The van der Waals surface area contributed by atoms with E-state index < -0.39 is 89.3 Å². The number of oxazole rings is 1. The van der Waals surface area contributed by atoms with E-state index in [9.17, 15) is 24.6 Å². The largest absolute Gasteiger partial charge is 0.459 e. The number of nitrogens with two attached hydrogens (primary N) is 1. The Balaban J connectivity index is 1.62. The van der Waals surface area contributed by atoms with Crippen molar-refractivity contribution in [1.29, 1.82) is 0 Å². The summed E-state index contributed by atoms with van der Waals surface area (Å²) in [6.07, 6.45) is -5.10. The number of anilines is 1. The van der Waals surface area contributed by atoms with E-state index in [-0.39, 0.29) is 50.8 Å². The number of esters is 1. The highest BCUT2D eigenvalue weighted by Gasteiger charge is 2.53. The Kier molecular flexibility index (Phi) is 15.1. The number of aliphatic hydroxyl groups excluding tert-OH is 1. The summed E-state index contributed by atoms with van der Waals surface area (Å²) in [5, 5.41) is 24.1. The predicted octanol–water partition coefficient (Wildman–Crippen LogP) is 2.76. The second-order valence-electron chi connectivity index (χ2n) is 17.2. The van der Waals surface area contributed by atoms with Crippen molar-refractivity contribution in [1.82, 2.24) is 20.3 Å². The number of amides is 1. The number of nitrogens with one attached hydrogen (secondary N) is 1. The molecule has 1 unspecified atom stereocenters. The Morgan fingerprint density at radius 3 is 2.47 bits per heavy atom. The van der Waals surface area contributed by atoms with E-state index in [4.69, 9.17) is 38.7 Å². The molecule has 2 aromatic heterocycles. The van der Waals surface area contributed by atoms with Crippen molar-refractivity contribution in [3.8, 4) is 0 Å². The van der Waals surface area contributed by atoms with Crippen molar-refractivity contribution in [2.75, 3.05) is 33.0 Å². The maximum Gasteiger partial charge on any atom is 0.316 e. The van der Waals surface area contributed by atoms with Gasteiger partial charge >= 0.3 is 5.97 Å². The van der Waals surface area contributed by atoms with Crippen molar-refractivity contribution in [3.63, 3.8) is 0 Å². The minimum atomic E-state index is -1.85. The first-order chi connectivity index (χ1) is 27.7. The van der Waals surface area contributed by atoms with Crippen LogP contribution in [0.4, 0.5) is 6.01 Å². The van der Waals surface area contributed by atoms with Gasteiger partial charge in [-0.25, -0.2) is 9.98 Å². The number of fused-ring (bicyclic) bond motifs is 6. The summed E-state index contributed by atoms with van der Waals surface area (Å²) in [6, 6.07) is 2.34. The zero-order valence-corrected chi connectivity index (χ0v) is 36.2. The SMILES string of the molecule is CC[C@H]1OC(=O)[C@H](C)C(=O)[C@H](C)[C@@H](O[C@H]2O[C@H](C)C[C@H](N(C)C)[C@H]2O)[C@@]2(C)C[C@@H](C)C(=NC(C)=O)[C@H](C)[C@@H](OCC(NOCc3ccc4oc(N)nc4n3)CO2)[C@]1(C)O. The highest BCUT2D eigenvalue weighted by Crippen LogP contribution is 2.40. The number of rotatable bonds is 8. The average Bonchev–Trinajstić information content (AvgIpc) is 3.54. The Hall–Kier alpha value is -3.46. The molecule has 0 saturated carbocycles. The number of likely N-dealkylation sites (N-methyl/N-ethyl adjacent to an activating group) is 1. The second-order valence-corrected chi connectivity index (χ2v) is 17.2. The molecule has 3 aliphatic heterocycles. The van der Waals surface area contributed by atoms with Gasteiger partial charge in [0.1, 0.15) is 30.3 Å². The lowest BCUT2D eigenvalue weighted by molar-refractivity contribution is -0.298. The molecule has 0 spiro atoms. The number of carbonyl (C=O) groups is 3. The average molecular weight is 833 g/mol. The van der Waals surface area contributed by atoms with Crippen molar-refractivity contribution >= 4 is 40.6 Å². The predicted molar refractivity (Wildman–Crippen MR) is 215 cm³/mol. The lowest BCUT2D eigenvalue weighted by Gasteiger charge is -2.47. The fourth-order valence-electron chi connectivity index (χ4n) is 8.89. The third kappa shape index (κ3) is 10.5. The van der Waals surface area contributed by atoms with Crippen LogP contribution in [0.5, 0.6) is 0 Å². The van der Waals surface area contributed by atoms with Crippen LogP contribution < -0.4 is 11.2 Å². The number of aliphatic imine (C=N–C) groups is 1. The molecule has 5 heterocycles. The van der Waals surface area contributed by atoms with E-state index in [1.165, 1.54) is 20.8 Å². The zero-order valence-electron chi connectivity index (χ0n) is 36.2. The minimum Gasteiger partial charge on any atom is -0.459 e. The van der Waals surface area contributed by atoms with E-state index in [2.05, 4.69) is 20.4 Å². The monoisotopic (exact) mass is 832 g/mol. The molecule has 2 aromatic rings. The number of hydrogen-bond acceptors (Lipinski definition) is 17. The summed E-state index contributed by atoms with van der Waals surface area (Å²) in [4.78, 5) is 62.1. The van der Waals surface area contributed by atoms with Crippen LogP contribution in [0.2, 0.25) is 0 Å². The molecular weight excluding hydrogens is 768 g/mol. The highest BCUT2D eigenvalue weighted by atomic mass is 16.7. The standard InChI is InChI=1S/C41H64N6O12/c1-12-30-41(9,52)35-22(4)31(43-25(7)48)20(2)16-40(8,54-18-27(17-53-35)46-55-19-26-13-14-29-36(44-26)45-39(42)57-29)34(23(5)32(49)24(6)37(51)58-30)59-38-33(50)28(47(10)11)15-21(3)56-38/h13-14,20-24,27-28,30,33-35,38,46,50,52H,12,15-19H2,1-11H3,(H2,42,44,45)/t20-,21-,22+,23+,24-,27?,28+,30-,33-,34-,35-,38-,40-,41-/m1/s1. The quantitative estimate of drug-likeness (QED) is 0.170. The fraction of sp³-hybridized carbons (Fsp3) is 0.756. The summed E-state index contributed by atoms with van der Waals surface area (Å²) < 4.78 is 37.9. The number of aromatic nitrogens is 2. The summed E-state index contributed by atoms with van der Waals surface area (Å²) in [6.45, 7) is 14.9. The van der Waals surface area contributed by atoms with Crippen LogP contribution in [-0.4, -0.2) is 136 Å². The Morgan fingerprint density at radius 1 is 1.10 bits per heavy atom. The van der Waals surface area contributed by atoms with Crippen LogP contribution >= 0.6 is 0 Å². The third-order valence-electron chi connectivity index (χ3n) is 12.0. The summed E-state index contributed by atoms with van der Waals surface area (Å²) >= 11 is 0. The summed E-state index contributed by atoms with van der Waals surface area (Å²) in [5.41, 5.74) is 7.19. The molecule has 14 atom stereocenters. The topological polar surface area (TPSA) is 240 Å². The number of pyridine rings is 1. The minimum absolute atomic E-state index is 0.00831. The maximum atomic E-state index is 14.5. The molecular formula is C41H64N6O12. The van der Waals surface area contributed by atoms with Crippen molar-refractivity contribution in [3.05, 3.63) is 17.8 Å². The molecule has 1 amide bonds. The number of cyclic esters (lactones) is 1. The molecule has 3 aliphatic rings. The summed E-state index contributed by atoms with van der Waals surface area (Å²) in [5.74, 6) is -5.32. The fourth-order valence-corrected chi connectivity index (χ4v) is 8.89. The van der Waals surface area contributed by atoms with Gasteiger partial charge in [-0.1, -0.05) is 27.7 Å². The molecule has 5 N–H and O–H groups in total. The summed E-state index contributed by atoms with van der Waals surface area (Å²) in [7, 11) is 3.73. The molecule has 3 saturated heterocycles. The van der Waals surface area contributed by atoms with Gasteiger partial charge in [-0.3, -0.25) is 19.2 Å². The molecule has 18 heteroatoms. The first-order valence-corrected chi connectivity index (χ1v) is 20.5. The molecule has 5 rings (SSSR count). The van der Waals surface area contributed by atoms with Crippen LogP contribution in [0.25, 0.3) is 11.2 Å². The number of ketones is 1. The highest BCUT2D eigenvalue weighted by molar-refractivity contribution is 6.00. The van der Waals surface area contributed by atoms with Gasteiger partial charge in [0, 0.05) is 30.5 Å². The molecule has 0 aliphatic carbocycles. The van der Waals surface area contributed by atoms with Gasteiger partial charge in [-0.15, -0.1) is 0 Å². The number of hydrogen-bond donors (Lipinski definition) is 4. The Labute approximate surface area is 345 Å². The van der Waals surface area contributed by atoms with Crippen LogP contribution in [0.3, 0.4) is 0 Å². The number of nitrogen functional groups attached to an aromatic ring is 1. The molecule has 2 bridgehead atoms. The molecule has 330 valence electrons. The number of nitrogens with zero attached hydrogens (tertiary/aromatic N) is 4. The Morgan fingerprint density at radius 2 is 1.81 bits per heavy atom. The van der Waals surface area contributed by atoms with E-state index in [0.29, 0.717) is 29.1 Å². The lowest BCUT2D eigenvalue weighted by Crippen LogP contribution is -2.60. The first-order valence-electron chi connectivity index (χ1n) is 20.5. The number of Topliss-reactive ketones (excluding diaryl/α,β-unsaturated/α-hetero) is 1. The van der Waals surface area contributed by atoms with Gasteiger partial charge in [0.05, 0.1) is 48.9 Å². The van der Waals surface area contributed by atoms with Crippen molar-refractivity contribution in [2.45, 2.75) is 148 Å². The number of carbonyl (C=O) groups excluding carboxylic acids is 3. The Bertz CT molecular complexity index is 1820. The van der Waals surface area contributed by atoms with Crippen LogP contribution in [0, 0.1) is 23.7 Å². The van der Waals surface area contributed by atoms with E-state index >= 15 is 0 Å². The molecule has 3 fully saturated rings. The van der Waals surface area contributed by atoms with Crippen molar-refractivity contribution < 1.29 is 57.5 Å². The van der Waals surface area contributed by atoms with Gasteiger partial charge in [0.15, 0.2) is 17.7 Å². The molecule has 18 nitrogen and oxygen atoms in total. The molecule has 59 heavy (non-hydrogen) atoms. The van der Waals surface area contributed by atoms with Crippen LogP contribution in [0.1, 0.15) is 87.3 Å².